The Bertz CT molecular complexity index is 476. The maximum Gasteiger partial charge on any atom is 0.0501 e. The highest BCUT2D eigenvalue weighted by Crippen LogP contribution is 2.22. The van der Waals surface area contributed by atoms with Crippen molar-refractivity contribution >= 4 is 16.6 Å². The average Bonchev–Trinajstić information content (AvgIpc) is 2.74. The second-order valence-corrected chi connectivity index (χ2v) is 4.43. The highest BCUT2D eigenvalue weighted by molar-refractivity contribution is 5.91. The highest BCUT2D eigenvalue weighted by atomic mass is 16.2. The lowest BCUT2D eigenvalue weighted by Crippen LogP contribution is -1.96. The van der Waals surface area contributed by atoms with E-state index in [0.29, 0.717) is 6.61 Å². The summed E-state index contributed by atoms with van der Waals surface area (Å²) in [7, 11) is 0. The number of nitrogens with zero attached hydrogens (tertiary/aromatic N) is 1. The second kappa shape index (κ2) is 5.73. The van der Waals surface area contributed by atoms with Gasteiger partial charge in [-0.15, -0.1) is 0 Å². The van der Waals surface area contributed by atoms with Crippen LogP contribution in [0.5, 0.6) is 0 Å². The highest BCUT2D eigenvalue weighted by Gasteiger charge is 2.02. The molecule has 0 spiro atoms. The molecule has 0 bridgehead atoms. The van der Waals surface area contributed by atoms with E-state index >= 15 is 0 Å². The Balaban J connectivity index is 1.97. The van der Waals surface area contributed by atoms with Crippen molar-refractivity contribution in [1.29, 1.82) is 0 Å². The van der Waals surface area contributed by atoms with E-state index in [0.717, 1.165) is 36.9 Å². The molecule has 3 heteroatoms. The summed E-state index contributed by atoms with van der Waals surface area (Å²) in [6, 6.07) is 8.13. The first-order valence-electron chi connectivity index (χ1n) is 6.27. The molecule has 2 rings (SSSR count). The van der Waals surface area contributed by atoms with Gasteiger partial charge in [0.1, 0.15) is 0 Å². The van der Waals surface area contributed by atoms with Gasteiger partial charge >= 0.3 is 0 Å². The topological polar surface area (TPSA) is 51.2 Å². The van der Waals surface area contributed by atoms with E-state index in [1.54, 1.807) is 0 Å². The molecule has 0 fully saturated rings. The number of benzene rings is 1. The molecule has 0 radical (unpaired) electrons. The molecule has 0 aliphatic rings. The maximum atomic E-state index is 8.70. The molecule has 3 nitrogen and oxygen atoms in total. The number of anilines is 1. The lowest BCUT2D eigenvalue weighted by atomic mass is 10.2. The Labute approximate surface area is 102 Å². The van der Waals surface area contributed by atoms with Crippen molar-refractivity contribution in [3.05, 3.63) is 30.5 Å². The summed E-state index contributed by atoms with van der Waals surface area (Å²) in [6.45, 7) is 1.33. The monoisotopic (exact) mass is 232 g/mol. The molecule has 0 atom stereocenters. The second-order valence-electron chi connectivity index (χ2n) is 4.43. The molecule has 0 amide bonds. The van der Waals surface area contributed by atoms with Gasteiger partial charge in [-0.25, -0.2) is 0 Å². The minimum Gasteiger partial charge on any atom is -0.398 e. The molecule has 0 aliphatic heterocycles. The number of aliphatic hydroxyl groups is 1. The van der Waals surface area contributed by atoms with Gasteiger partial charge in [0.15, 0.2) is 0 Å². The number of rotatable bonds is 6. The van der Waals surface area contributed by atoms with E-state index in [-0.39, 0.29) is 0 Å². The molecular formula is C14H20N2O. The van der Waals surface area contributed by atoms with Gasteiger partial charge in [0.25, 0.3) is 0 Å². The van der Waals surface area contributed by atoms with E-state index in [4.69, 9.17) is 10.8 Å². The Morgan fingerprint density at radius 2 is 1.88 bits per heavy atom. The van der Waals surface area contributed by atoms with Crippen LogP contribution in [0, 0.1) is 0 Å². The Morgan fingerprint density at radius 3 is 2.71 bits per heavy atom. The maximum absolute atomic E-state index is 8.70. The van der Waals surface area contributed by atoms with Crippen LogP contribution in [0.15, 0.2) is 30.5 Å². The number of aromatic nitrogens is 1. The summed E-state index contributed by atoms with van der Waals surface area (Å²) in [5, 5.41) is 9.84. The van der Waals surface area contributed by atoms with Crippen molar-refractivity contribution in [2.75, 3.05) is 12.3 Å². The van der Waals surface area contributed by atoms with Crippen LogP contribution in [0.3, 0.4) is 0 Å². The van der Waals surface area contributed by atoms with Gasteiger partial charge in [-0.3, -0.25) is 0 Å². The van der Waals surface area contributed by atoms with E-state index < -0.39 is 0 Å². The number of hydrogen-bond acceptors (Lipinski definition) is 2. The Hall–Kier alpha value is -1.48. The molecule has 1 heterocycles. The van der Waals surface area contributed by atoms with E-state index in [9.17, 15) is 0 Å². The third kappa shape index (κ3) is 2.80. The van der Waals surface area contributed by atoms with Crippen LogP contribution in [0.1, 0.15) is 25.7 Å². The number of aryl methyl sites for hydroxylation is 1. The van der Waals surface area contributed by atoms with Gasteiger partial charge in [-0.2, -0.15) is 0 Å². The quantitative estimate of drug-likeness (QED) is 0.594. The lowest BCUT2D eigenvalue weighted by Gasteiger charge is -2.05. The molecular weight excluding hydrogens is 212 g/mol. The van der Waals surface area contributed by atoms with Gasteiger partial charge in [0.05, 0.1) is 5.52 Å². The third-order valence-corrected chi connectivity index (χ3v) is 3.15. The smallest absolute Gasteiger partial charge is 0.0501 e. The van der Waals surface area contributed by atoms with E-state index in [1.807, 2.05) is 12.1 Å². The number of hydrogen-bond donors (Lipinski definition) is 2. The van der Waals surface area contributed by atoms with Gasteiger partial charge in [0, 0.05) is 30.4 Å². The predicted molar refractivity (Wildman–Crippen MR) is 71.9 cm³/mol. The number of nitrogen functional groups attached to an aromatic ring is 1. The normalized spacial score (nSPS) is 11.1. The van der Waals surface area contributed by atoms with Crippen LogP contribution < -0.4 is 5.73 Å². The molecule has 0 saturated carbocycles. The van der Waals surface area contributed by atoms with E-state index in [1.165, 1.54) is 11.9 Å². The fourth-order valence-electron chi connectivity index (χ4n) is 2.19. The van der Waals surface area contributed by atoms with Crippen LogP contribution in [0.25, 0.3) is 10.9 Å². The molecule has 0 saturated heterocycles. The van der Waals surface area contributed by atoms with Gasteiger partial charge in [-0.05, 0) is 31.0 Å². The number of nitrogens with two attached hydrogens (primary N) is 1. The summed E-state index contributed by atoms with van der Waals surface area (Å²) >= 11 is 0. The fourth-order valence-corrected chi connectivity index (χ4v) is 2.19. The fraction of sp³-hybridized carbons (Fsp3) is 0.429. The van der Waals surface area contributed by atoms with E-state index in [2.05, 4.69) is 22.9 Å². The van der Waals surface area contributed by atoms with Gasteiger partial charge < -0.3 is 15.4 Å². The molecule has 92 valence electrons. The standard InChI is InChI=1S/C14H20N2O/c15-13-6-5-7-14-12(13)8-10-16(14)9-3-1-2-4-11-17/h5-8,10,17H,1-4,9,11,15H2. The predicted octanol–water partition coefficient (Wildman–Crippen LogP) is 2.78. The largest absolute Gasteiger partial charge is 0.398 e. The summed E-state index contributed by atoms with van der Waals surface area (Å²) < 4.78 is 2.25. The summed E-state index contributed by atoms with van der Waals surface area (Å²) in [6.07, 6.45) is 6.45. The first-order valence-corrected chi connectivity index (χ1v) is 6.27. The third-order valence-electron chi connectivity index (χ3n) is 3.15. The molecule has 1 aromatic carbocycles. The summed E-state index contributed by atoms with van der Waals surface area (Å²) in [4.78, 5) is 0. The van der Waals surface area contributed by atoms with Crippen LogP contribution in [-0.2, 0) is 6.54 Å². The molecule has 17 heavy (non-hydrogen) atoms. The van der Waals surface area contributed by atoms with Crippen molar-refractivity contribution < 1.29 is 5.11 Å². The molecule has 1 aromatic heterocycles. The first kappa shape index (κ1) is 12.0. The molecule has 0 aliphatic carbocycles. The van der Waals surface area contributed by atoms with Crippen molar-refractivity contribution in [3.63, 3.8) is 0 Å². The van der Waals surface area contributed by atoms with Crippen molar-refractivity contribution in [2.24, 2.45) is 0 Å². The van der Waals surface area contributed by atoms with Crippen molar-refractivity contribution in [2.45, 2.75) is 32.2 Å². The Kier molecular flexibility index (Phi) is 4.04. The van der Waals surface area contributed by atoms with Crippen molar-refractivity contribution in [3.8, 4) is 0 Å². The zero-order chi connectivity index (χ0) is 12.1. The Morgan fingerprint density at radius 1 is 1.06 bits per heavy atom. The molecule has 2 aromatic rings. The zero-order valence-corrected chi connectivity index (χ0v) is 10.1. The molecule has 3 N–H and O–H groups in total. The lowest BCUT2D eigenvalue weighted by molar-refractivity contribution is 0.282. The average molecular weight is 232 g/mol. The van der Waals surface area contributed by atoms with Crippen LogP contribution in [0.2, 0.25) is 0 Å². The van der Waals surface area contributed by atoms with Crippen LogP contribution >= 0.6 is 0 Å². The summed E-state index contributed by atoms with van der Waals surface area (Å²) in [5.41, 5.74) is 7.99. The van der Waals surface area contributed by atoms with Crippen LogP contribution in [0.4, 0.5) is 5.69 Å². The minimum atomic E-state index is 0.309. The van der Waals surface area contributed by atoms with Crippen LogP contribution in [-0.4, -0.2) is 16.3 Å². The number of unbranched alkanes of at least 4 members (excludes halogenated alkanes) is 3. The summed E-state index contributed by atoms with van der Waals surface area (Å²) in [5.74, 6) is 0. The minimum absolute atomic E-state index is 0.309. The number of aliphatic hydroxyl groups excluding tert-OH is 1. The first-order chi connectivity index (χ1) is 8.33. The molecule has 0 unspecified atom stereocenters. The van der Waals surface area contributed by atoms with Crippen molar-refractivity contribution in [1.82, 2.24) is 4.57 Å². The van der Waals surface area contributed by atoms with Gasteiger partial charge in [0.2, 0.25) is 0 Å². The zero-order valence-electron chi connectivity index (χ0n) is 10.1. The SMILES string of the molecule is Nc1cccc2c1ccn2CCCCCCO. The number of fused-ring (bicyclic) bond motifs is 1. The van der Waals surface area contributed by atoms with Gasteiger partial charge in [-0.1, -0.05) is 18.9 Å².